The lowest BCUT2D eigenvalue weighted by Crippen LogP contribution is -1.84. The van der Waals surface area contributed by atoms with E-state index < -0.39 is 0 Å². The van der Waals surface area contributed by atoms with Crippen LogP contribution in [0.15, 0.2) is 0 Å². The molecule has 1 saturated carbocycles. The van der Waals surface area contributed by atoms with Gasteiger partial charge in [-0.3, -0.25) is 0 Å². The molecule has 0 spiro atoms. The molecular weight excluding hydrogens is 259 g/mol. The fraction of sp³-hybridized carbons (Fsp3) is 0.667. The number of rotatable bonds is 2. The van der Waals surface area contributed by atoms with Crippen molar-refractivity contribution in [3.8, 4) is 0 Å². The first kappa shape index (κ1) is 6.97. The van der Waals surface area contributed by atoms with E-state index in [-0.39, 0.29) is 0 Å². The lowest BCUT2D eigenvalue weighted by molar-refractivity contribution is 0.805. The Bertz CT molecular complexity index is 231. The van der Waals surface area contributed by atoms with Gasteiger partial charge >= 0.3 is 0 Å². The van der Waals surface area contributed by atoms with Crippen molar-refractivity contribution in [2.75, 3.05) is 0 Å². The third-order valence-corrected chi connectivity index (χ3v) is 3.21. The van der Waals surface area contributed by atoms with Crippen molar-refractivity contribution in [1.29, 1.82) is 0 Å². The molecular formula is C6H7IN2S. The Morgan fingerprint density at radius 3 is 2.80 bits per heavy atom. The molecule has 54 valence electrons. The SMILES string of the molecule is Ic1nnc(CC2CC2)s1. The maximum Gasteiger partial charge on any atom is 0.178 e. The van der Waals surface area contributed by atoms with Crippen LogP contribution in [0.1, 0.15) is 17.8 Å². The topological polar surface area (TPSA) is 25.8 Å². The summed E-state index contributed by atoms with van der Waals surface area (Å²) in [6.07, 6.45) is 3.97. The third-order valence-electron chi connectivity index (χ3n) is 1.60. The Labute approximate surface area is 77.2 Å². The summed E-state index contributed by atoms with van der Waals surface area (Å²) in [5.74, 6) is 0.934. The molecule has 1 fully saturated rings. The minimum Gasteiger partial charge on any atom is -0.143 e. The smallest absolute Gasteiger partial charge is 0.143 e. The number of aromatic nitrogens is 2. The van der Waals surface area contributed by atoms with Gasteiger partial charge in [-0.1, -0.05) is 11.3 Å². The van der Waals surface area contributed by atoms with Gasteiger partial charge in [0.05, 0.1) is 0 Å². The quantitative estimate of drug-likeness (QED) is 0.766. The van der Waals surface area contributed by atoms with Crippen molar-refractivity contribution in [3.63, 3.8) is 0 Å². The van der Waals surface area contributed by atoms with Gasteiger partial charge in [-0.05, 0) is 41.4 Å². The van der Waals surface area contributed by atoms with Crippen molar-refractivity contribution in [3.05, 3.63) is 8.02 Å². The van der Waals surface area contributed by atoms with Crippen molar-refractivity contribution < 1.29 is 0 Å². The largest absolute Gasteiger partial charge is 0.178 e. The fourth-order valence-electron chi connectivity index (χ4n) is 0.885. The predicted molar refractivity (Wildman–Crippen MR) is 49.1 cm³/mol. The summed E-state index contributed by atoms with van der Waals surface area (Å²) in [6.45, 7) is 0. The van der Waals surface area contributed by atoms with Crippen molar-refractivity contribution in [2.45, 2.75) is 19.3 Å². The average Bonchev–Trinajstić information content (AvgIpc) is 2.59. The second-order valence-electron chi connectivity index (χ2n) is 2.60. The molecule has 0 atom stereocenters. The zero-order chi connectivity index (χ0) is 6.97. The second-order valence-corrected chi connectivity index (χ2v) is 5.41. The number of hydrogen-bond acceptors (Lipinski definition) is 3. The van der Waals surface area contributed by atoms with Gasteiger partial charge in [-0.25, -0.2) is 0 Å². The maximum absolute atomic E-state index is 4.06. The summed E-state index contributed by atoms with van der Waals surface area (Å²) >= 11 is 3.93. The van der Waals surface area contributed by atoms with Crippen LogP contribution in [0.3, 0.4) is 0 Å². The van der Waals surface area contributed by atoms with Gasteiger partial charge in [0.2, 0.25) is 0 Å². The summed E-state index contributed by atoms with van der Waals surface area (Å²) in [4.78, 5) is 0. The van der Waals surface area contributed by atoms with Crippen LogP contribution in [0.5, 0.6) is 0 Å². The molecule has 0 bridgehead atoms. The molecule has 2 rings (SSSR count). The molecule has 10 heavy (non-hydrogen) atoms. The first-order valence-corrected chi connectivity index (χ1v) is 5.22. The lowest BCUT2D eigenvalue weighted by Gasteiger charge is -1.85. The molecule has 0 aliphatic heterocycles. The van der Waals surface area contributed by atoms with Gasteiger partial charge in [-0.2, -0.15) is 0 Å². The summed E-state index contributed by atoms with van der Waals surface area (Å²) in [5.41, 5.74) is 0. The van der Waals surface area contributed by atoms with Gasteiger partial charge < -0.3 is 0 Å². The second kappa shape index (κ2) is 2.73. The monoisotopic (exact) mass is 266 g/mol. The van der Waals surface area contributed by atoms with Crippen LogP contribution in [-0.4, -0.2) is 10.2 Å². The van der Waals surface area contributed by atoms with E-state index in [0.29, 0.717) is 0 Å². The van der Waals surface area contributed by atoms with E-state index in [2.05, 4.69) is 32.8 Å². The summed E-state index contributed by atoms with van der Waals surface area (Å²) < 4.78 is 1.06. The highest BCUT2D eigenvalue weighted by molar-refractivity contribution is 14.1. The highest BCUT2D eigenvalue weighted by Crippen LogP contribution is 2.33. The Morgan fingerprint density at radius 2 is 2.30 bits per heavy atom. The minimum atomic E-state index is 0.934. The first-order chi connectivity index (χ1) is 4.84. The summed E-state index contributed by atoms with van der Waals surface area (Å²) in [7, 11) is 0. The molecule has 1 heterocycles. The van der Waals surface area contributed by atoms with Gasteiger partial charge in [0.1, 0.15) is 5.01 Å². The predicted octanol–water partition coefficient (Wildman–Crippen LogP) is 2.10. The van der Waals surface area contributed by atoms with Crippen LogP contribution in [-0.2, 0) is 6.42 Å². The van der Waals surface area contributed by atoms with Crippen LogP contribution >= 0.6 is 33.9 Å². The molecule has 4 heteroatoms. The normalized spacial score (nSPS) is 17.7. The molecule has 0 saturated heterocycles. The molecule has 0 amide bonds. The van der Waals surface area contributed by atoms with E-state index in [1.54, 1.807) is 11.3 Å². The van der Waals surface area contributed by atoms with Crippen molar-refractivity contribution in [2.24, 2.45) is 5.92 Å². The minimum absolute atomic E-state index is 0.934. The van der Waals surface area contributed by atoms with E-state index in [0.717, 1.165) is 8.93 Å². The van der Waals surface area contributed by atoms with Gasteiger partial charge in [0.15, 0.2) is 3.01 Å². The van der Waals surface area contributed by atoms with Crippen LogP contribution in [0.2, 0.25) is 0 Å². The number of nitrogens with zero attached hydrogens (tertiary/aromatic N) is 2. The lowest BCUT2D eigenvalue weighted by atomic mass is 10.3. The Hall–Kier alpha value is 0.290. The van der Waals surface area contributed by atoms with Gasteiger partial charge in [0, 0.05) is 6.42 Å². The van der Waals surface area contributed by atoms with E-state index in [4.69, 9.17) is 0 Å². The molecule has 1 aromatic rings. The van der Waals surface area contributed by atoms with E-state index in [9.17, 15) is 0 Å². The highest BCUT2D eigenvalue weighted by atomic mass is 127. The fourth-order valence-corrected chi connectivity index (χ4v) is 2.43. The van der Waals surface area contributed by atoms with Crippen molar-refractivity contribution >= 4 is 33.9 Å². The first-order valence-electron chi connectivity index (χ1n) is 3.32. The number of halogens is 1. The molecule has 1 aliphatic rings. The molecule has 1 aliphatic carbocycles. The van der Waals surface area contributed by atoms with Crippen LogP contribution in [0.4, 0.5) is 0 Å². The Balaban J connectivity index is 2.03. The van der Waals surface area contributed by atoms with Crippen LogP contribution in [0.25, 0.3) is 0 Å². The third kappa shape index (κ3) is 1.66. The molecule has 0 unspecified atom stereocenters. The molecule has 1 aromatic heterocycles. The zero-order valence-corrected chi connectivity index (χ0v) is 8.35. The van der Waals surface area contributed by atoms with Crippen LogP contribution < -0.4 is 0 Å². The molecule has 0 N–H and O–H groups in total. The van der Waals surface area contributed by atoms with E-state index >= 15 is 0 Å². The van der Waals surface area contributed by atoms with Gasteiger partial charge in [0.25, 0.3) is 0 Å². The molecule has 2 nitrogen and oxygen atoms in total. The van der Waals surface area contributed by atoms with E-state index in [1.165, 1.54) is 24.3 Å². The average molecular weight is 266 g/mol. The maximum atomic E-state index is 4.06. The summed E-state index contributed by atoms with van der Waals surface area (Å²) in [6, 6.07) is 0. The van der Waals surface area contributed by atoms with Crippen molar-refractivity contribution in [1.82, 2.24) is 10.2 Å². The Kier molecular flexibility index (Phi) is 1.90. The Morgan fingerprint density at radius 1 is 1.50 bits per heavy atom. The van der Waals surface area contributed by atoms with Gasteiger partial charge in [-0.15, -0.1) is 10.2 Å². The molecule has 0 aromatic carbocycles. The molecule has 0 radical (unpaired) electrons. The standard InChI is InChI=1S/C6H7IN2S/c7-6-9-8-5(10-6)3-4-1-2-4/h4H,1-3H2. The summed E-state index contributed by atoms with van der Waals surface area (Å²) in [5, 5.41) is 9.22. The highest BCUT2D eigenvalue weighted by Gasteiger charge is 2.22. The number of hydrogen-bond donors (Lipinski definition) is 0. The van der Waals surface area contributed by atoms with E-state index in [1.807, 2.05) is 0 Å². The zero-order valence-electron chi connectivity index (χ0n) is 5.38. The van der Waals surface area contributed by atoms with Crippen LogP contribution in [0, 0.1) is 8.93 Å².